The fourth-order valence-corrected chi connectivity index (χ4v) is 5.31. The summed E-state index contributed by atoms with van der Waals surface area (Å²) < 4.78 is 5.66. The molecule has 1 aliphatic heterocycles. The van der Waals surface area contributed by atoms with Crippen LogP contribution in [-0.2, 0) is 14.3 Å². The lowest BCUT2D eigenvalue weighted by atomic mass is 9.86. The van der Waals surface area contributed by atoms with Gasteiger partial charge in [-0.2, -0.15) is 0 Å². The second-order valence-corrected chi connectivity index (χ2v) is 9.86. The van der Waals surface area contributed by atoms with E-state index in [-0.39, 0.29) is 24.3 Å². The number of rotatable bonds is 7. The molecule has 1 saturated heterocycles. The van der Waals surface area contributed by atoms with E-state index < -0.39 is 23.6 Å². The van der Waals surface area contributed by atoms with Crippen molar-refractivity contribution in [3.05, 3.63) is 59.7 Å². The van der Waals surface area contributed by atoms with E-state index in [4.69, 9.17) is 4.74 Å². The van der Waals surface area contributed by atoms with Crippen LogP contribution in [0.4, 0.5) is 4.79 Å². The van der Waals surface area contributed by atoms with Crippen LogP contribution < -0.4 is 5.32 Å². The second kappa shape index (κ2) is 10.1. The van der Waals surface area contributed by atoms with E-state index in [0.29, 0.717) is 19.4 Å². The van der Waals surface area contributed by atoms with E-state index in [2.05, 4.69) is 29.6 Å². The van der Waals surface area contributed by atoms with Crippen molar-refractivity contribution in [1.82, 2.24) is 10.2 Å². The first-order chi connectivity index (χ1) is 16.8. The number of benzene rings is 2. The molecule has 3 atom stereocenters. The minimum absolute atomic E-state index is 0.0803. The molecule has 0 spiro atoms. The summed E-state index contributed by atoms with van der Waals surface area (Å²) >= 11 is 0. The molecule has 1 fully saturated rings. The summed E-state index contributed by atoms with van der Waals surface area (Å²) in [7, 11) is 0. The number of amides is 2. The van der Waals surface area contributed by atoms with E-state index in [1.165, 1.54) is 4.90 Å². The van der Waals surface area contributed by atoms with E-state index >= 15 is 0 Å². The Morgan fingerprint density at radius 3 is 2.26 bits per heavy atom. The Bertz CT molecular complexity index is 1070. The molecular formula is C28H34N2O5. The lowest BCUT2D eigenvalue weighted by molar-refractivity contribution is -0.162. The topological polar surface area (TPSA) is 95.9 Å². The number of likely N-dealkylation sites (tertiary alicyclic amines) is 1. The zero-order chi connectivity index (χ0) is 25.2. The highest BCUT2D eigenvalue weighted by Crippen LogP contribution is 2.44. The van der Waals surface area contributed by atoms with Crippen LogP contribution in [0.25, 0.3) is 11.1 Å². The average molecular weight is 479 g/mol. The van der Waals surface area contributed by atoms with Gasteiger partial charge < -0.3 is 20.1 Å². The fraction of sp³-hybridized carbons (Fsp3) is 0.464. The Labute approximate surface area is 206 Å². The van der Waals surface area contributed by atoms with Crippen LogP contribution in [0.2, 0.25) is 0 Å². The Morgan fingerprint density at radius 2 is 1.69 bits per heavy atom. The van der Waals surface area contributed by atoms with Gasteiger partial charge >= 0.3 is 12.1 Å². The van der Waals surface area contributed by atoms with Crippen molar-refractivity contribution in [2.24, 2.45) is 5.92 Å². The molecule has 0 radical (unpaired) electrons. The van der Waals surface area contributed by atoms with Crippen molar-refractivity contribution < 1.29 is 24.2 Å². The summed E-state index contributed by atoms with van der Waals surface area (Å²) in [4.78, 5) is 39.9. The first-order valence-electron chi connectivity index (χ1n) is 12.4. The highest BCUT2D eigenvalue weighted by molar-refractivity contribution is 5.91. The molecule has 2 aromatic carbocycles. The van der Waals surface area contributed by atoms with E-state index in [1.807, 2.05) is 38.1 Å². The van der Waals surface area contributed by atoms with Crippen LogP contribution in [0.3, 0.4) is 0 Å². The van der Waals surface area contributed by atoms with Gasteiger partial charge in [0, 0.05) is 12.5 Å². The van der Waals surface area contributed by atoms with Gasteiger partial charge in [0.1, 0.15) is 18.2 Å². The van der Waals surface area contributed by atoms with E-state index in [9.17, 15) is 19.5 Å². The van der Waals surface area contributed by atoms with Crippen LogP contribution in [-0.4, -0.2) is 52.7 Å². The van der Waals surface area contributed by atoms with Gasteiger partial charge in [-0.25, -0.2) is 9.59 Å². The number of hydrogen-bond acceptors (Lipinski definition) is 4. The standard InChI is InChI=1S/C28H34N2O5/c1-4-18(2)24(25(31)30-16-10-9-15-28(30,3)26(32)33)29-27(34)35-17-23-21-13-7-5-11-19(21)20-12-6-8-14-22(20)23/h5-8,11-14,18,23-24H,4,9-10,15-17H2,1-3H3,(H,29,34)(H,32,33). The quantitative estimate of drug-likeness (QED) is 0.596. The molecule has 4 rings (SSSR count). The molecule has 0 bridgehead atoms. The third kappa shape index (κ3) is 4.64. The molecular weight excluding hydrogens is 444 g/mol. The molecule has 1 aliphatic carbocycles. The molecule has 3 unspecified atom stereocenters. The number of nitrogens with zero attached hydrogens (tertiary/aromatic N) is 1. The maximum atomic E-state index is 13.5. The highest BCUT2D eigenvalue weighted by Gasteiger charge is 2.46. The molecule has 2 N–H and O–H groups in total. The van der Waals surface area contributed by atoms with Gasteiger partial charge in [0.15, 0.2) is 0 Å². The van der Waals surface area contributed by atoms with Crippen molar-refractivity contribution in [3.63, 3.8) is 0 Å². The number of carboxylic acids is 1. The largest absolute Gasteiger partial charge is 0.480 e. The molecule has 2 amide bonds. The summed E-state index contributed by atoms with van der Waals surface area (Å²) in [6.07, 6.45) is 1.87. The maximum absolute atomic E-state index is 13.5. The normalized spacial score (nSPS) is 20.9. The van der Waals surface area contributed by atoms with Gasteiger partial charge in [0.05, 0.1) is 0 Å². The third-order valence-electron chi connectivity index (χ3n) is 7.71. The summed E-state index contributed by atoms with van der Waals surface area (Å²) in [5.41, 5.74) is 3.23. The average Bonchev–Trinajstić information content (AvgIpc) is 3.19. The third-order valence-corrected chi connectivity index (χ3v) is 7.71. The summed E-state index contributed by atoms with van der Waals surface area (Å²) in [6.45, 7) is 5.93. The number of carboxylic acid groups (broad SMARTS) is 1. The van der Waals surface area contributed by atoms with Crippen molar-refractivity contribution in [3.8, 4) is 11.1 Å². The molecule has 7 nitrogen and oxygen atoms in total. The number of carbonyl (C=O) groups excluding carboxylic acids is 2. The van der Waals surface area contributed by atoms with Crippen LogP contribution in [0, 0.1) is 5.92 Å². The monoisotopic (exact) mass is 478 g/mol. The Balaban J connectivity index is 1.48. The number of ether oxygens (including phenoxy) is 1. The molecule has 0 aromatic heterocycles. The number of hydrogen-bond donors (Lipinski definition) is 2. The molecule has 2 aliphatic rings. The summed E-state index contributed by atoms with van der Waals surface area (Å²) in [5, 5.41) is 12.6. The first kappa shape index (κ1) is 24.8. The zero-order valence-corrected chi connectivity index (χ0v) is 20.6. The van der Waals surface area contributed by atoms with Gasteiger partial charge in [-0.05, 0) is 54.4 Å². The molecule has 186 valence electrons. The minimum atomic E-state index is -1.27. The lowest BCUT2D eigenvalue weighted by Crippen LogP contribution is -2.62. The van der Waals surface area contributed by atoms with E-state index in [0.717, 1.165) is 35.1 Å². The predicted molar refractivity (Wildman–Crippen MR) is 133 cm³/mol. The minimum Gasteiger partial charge on any atom is -0.480 e. The number of piperidine rings is 1. The van der Waals surface area contributed by atoms with Crippen LogP contribution >= 0.6 is 0 Å². The van der Waals surface area contributed by atoms with Crippen molar-refractivity contribution in [2.45, 2.75) is 64.0 Å². The predicted octanol–water partition coefficient (Wildman–Crippen LogP) is 4.80. The van der Waals surface area contributed by atoms with E-state index in [1.54, 1.807) is 6.92 Å². The first-order valence-corrected chi connectivity index (χ1v) is 12.4. The van der Waals surface area contributed by atoms with Crippen LogP contribution in [0.1, 0.15) is 63.5 Å². The lowest BCUT2D eigenvalue weighted by Gasteiger charge is -2.43. The van der Waals surface area contributed by atoms with Gasteiger partial charge in [0.25, 0.3) is 0 Å². The van der Waals surface area contributed by atoms with Crippen molar-refractivity contribution >= 4 is 18.0 Å². The number of fused-ring (bicyclic) bond motifs is 3. The Kier molecular flexibility index (Phi) is 7.15. The SMILES string of the molecule is CCC(C)C(NC(=O)OCC1c2ccccc2-c2ccccc21)C(=O)N1CCCCC1(C)C(=O)O. The Hall–Kier alpha value is -3.35. The highest BCUT2D eigenvalue weighted by atomic mass is 16.5. The van der Waals surface area contributed by atoms with Gasteiger partial charge in [-0.3, -0.25) is 4.79 Å². The van der Waals surface area contributed by atoms with Gasteiger partial charge in [-0.1, -0.05) is 68.8 Å². The second-order valence-electron chi connectivity index (χ2n) is 9.86. The van der Waals surface area contributed by atoms with Crippen molar-refractivity contribution in [2.75, 3.05) is 13.2 Å². The fourth-order valence-electron chi connectivity index (χ4n) is 5.31. The maximum Gasteiger partial charge on any atom is 0.407 e. The summed E-state index contributed by atoms with van der Waals surface area (Å²) in [5.74, 6) is -1.64. The van der Waals surface area contributed by atoms with Crippen LogP contribution in [0.5, 0.6) is 0 Å². The number of nitrogens with one attached hydrogen (secondary N) is 1. The smallest absolute Gasteiger partial charge is 0.407 e. The number of aliphatic carboxylic acids is 1. The number of carbonyl (C=O) groups is 3. The summed E-state index contributed by atoms with van der Waals surface area (Å²) in [6, 6.07) is 15.4. The molecule has 0 saturated carbocycles. The Morgan fingerprint density at radius 1 is 1.09 bits per heavy atom. The number of alkyl carbamates (subject to hydrolysis) is 1. The van der Waals surface area contributed by atoms with Crippen molar-refractivity contribution in [1.29, 1.82) is 0 Å². The van der Waals surface area contributed by atoms with Crippen LogP contribution in [0.15, 0.2) is 48.5 Å². The molecule has 35 heavy (non-hydrogen) atoms. The molecule has 7 heteroatoms. The molecule has 2 aromatic rings. The van der Waals surface area contributed by atoms with Gasteiger partial charge in [-0.15, -0.1) is 0 Å². The van der Waals surface area contributed by atoms with Gasteiger partial charge in [0.2, 0.25) is 5.91 Å². The molecule has 1 heterocycles. The zero-order valence-electron chi connectivity index (χ0n) is 20.6.